The maximum atomic E-state index is 12.7. The average Bonchev–Trinajstić information content (AvgIpc) is 2.58. The molecule has 0 aromatic heterocycles. The first-order valence-corrected chi connectivity index (χ1v) is 10.0. The minimum absolute atomic E-state index is 0. The number of rotatable bonds is 6. The first-order chi connectivity index (χ1) is 12.8. The summed E-state index contributed by atoms with van der Waals surface area (Å²) in [5.74, 6) is -3.70. The Labute approximate surface area is 187 Å². The fourth-order valence-corrected chi connectivity index (χ4v) is 3.66. The summed E-state index contributed by atoms with van der Waals surface area (Å²) >= 11 is 0. The van der Waals surface area contributed by atoms with Crippen LogP contribution >= 0.6 is 0 Å². The third-order valence-corrected chi connectivity index (χ3v) is 5.36. The first kappa shape index (κ1) is 25.2. The van der Waals surface area contributed by atoms with Gasteiger partial charge in [0.1, 0.15) is 32.8 Å². The van der Waals surface area contributed by atoms with Crippen LogP contribution in [0.5, 0.6) is 23.0 Å². The fraction of sp³-hybridized carbons (Fsp3) is 0.133. The van der Waals surface area contributed by atoms with Gasteiger partial charge in [0, 0.05) is 12.1 Å². The first-order valence-electron chi connectivity index (χ1n) is 7.13. The SMILES string of the molecule is COc1cc(O)c(C(=O)c2cc(S(=O)(=O)O)c(OC)cc2O)cc1S(=O)(=O)O.[Na+]. The number of carbonyl (C=O) groups is 1. The van der Waals surface area contributed by atoms with Crippen LogP contribution in [0, 0.1) is 0 Å². The second-order valence-corrected chi connectivity index (χ2v) is 8.10. The molecule has 0 bridgehead atoms. The molecule has 29 heavy (non-hydrogen) atoms. The van der Waals surface area contributed by atoms with Crippen molar-refractivity contribution in [1.82, 2.24) is 0 Å². The number of phenolic OH excluding ortho intramolecular Hbond substituents is 2. The third kappa shape index (κ3) is 5.19. The number of aromatic hydroxyl groups is 2. The van der Waals surface area contributed by atoms with Crippen molar-refractivity contribution >= 4 is 26.0 Å². The maximum absolute atomic E-state index is 12.7. The van der Waals surface area contributed by atoms with Gasteiger partial charge in [-0.2, -0.15) is 16.8 Å². The number of phenols is 2. The van der Waals surface area contributed by atoms with Crippen LogP contribution in [0.15, 0.2) is 34.1 Å². The quantitative estimate of drug-likeness (QED) is 0.210. The van der Waals surface area contributed by atoms with Crippen LogP contribution in [0.4, 0.5) is 0 Å². The summed E-state index contributed by atoms with van der Waals surface area (Å²) in [5, 5.41) is 20.0. The Morgan fingerprint density at radius 2 is 1.07 bits per heavy atom. The van der Waals surface area contributed by atoms with Crippen molar-refractivity contribution in [3.63, 3.8) is 0 Å². The van der Waals surface area contributed by atoms with Crippen LogP contribution < -0.4 is 39.0 Å². The number of methoxy groups -OCH3 is 2. The zero-order valence-electron chi connectivity index (χ0n) is 15.3. The second kappa shape index (κ2) is 8.87. The van der Waals surface area contributed by atoms with Crippen molar-refractivity contribution in [1.29, 1.82) is 0 Å². The van der Waals surface area contributed by atoms with Gasteiger partial charge in [0.25, 0.3) is 20.2 Å². The molecular weight excluding hydrogens is 443 g/mol. The monoisotopic (exact) mass is 457 g/mol. The van der Waals surface area contributed by atoms with Gasteiger partial charge in [0.15, 0.2) is 0 Å². The predicted molar refractivity (Wildman–Crippen MR) is 92.4 cm³/mol. The summed E-state index contributed by atoms with van der Waals surface area (Å²) < 4.78 is 73.9. The predicted octanol–water partition coefficient (Wildman–Crippen LogP) is -2.16. The van der Waals surface area contributed by atoms with Gasteiger partial charge in [-0.15, -0.1) is 0 Å². The van der Waals surface area contributed by atoms with Crippen molar-refractivity contribution < 1.29 is 80.0 Å². The minimum Gasteiger partial charge on any atom is -0.507 e. The van der Waals surface area contributed by atoms with Gasteiger partial charge in [-0.1, -0.05) is 0 Å². The maximum Gasteiger partial charge on any atom is 1.00 e. The molecule has 2 aromatic rings. The zero-order chi connectivity index (χ0) is 21.4. The molecule has 0 aliphatic heterocycles. The molecule has 0 saturated carbocycles. The summed E-state index contributed by atoms with van der Waals surface area (Å²) in [5.41, 5.74) is -1.40. The molecule has 0 aliphatic rings. The van der Waals surface area contributed by atoms with Crippen LogP contribution in [0.3, 0.4) is 0 Å². The molecule has 0 saturated heterocycles. The van der Waals surface area contributed by atoms with Gasteiger partial charge in [0.05, 0.1) is 25.3 Å². The fourth-order valence-electron chi connectivity index (χ4n) is 2.33. The van der Waals surface area contributed by atoms with E-state index in [0.29, 0.717) is 12.1 Å². The van der Waals surface area contributed by atoms with Crippen molar-refractivity contribution in [2.45, 2.75) is 9.79 Å². The summed E-state index contributed by atoms with van der Waals surface area (Å²) in [6.45, 7) is 0. The molecule has 2 aromatic carbocycles. The Kier molecular flexibility index (Phi) is 7.70. The number of hydrogen-bond donors (Lipinski definition) is 4. The van der Waals surface area contributed by atoms with E-state index in [1.807, 2.05) is 0 Å². The molecule has 0 radical (unpaired) electrons. The van der Waals surface area contributed by atoms with Crippen LogP contribution in [0.2, 0.25) is 0 Å². The normalized spacial score (nSPS) is 11.4. The van der Waals surface area contributed by atoms with Gasteiger partial charge in [0.2, 0.25) is 5.78 Å². The molecule has 14 heteroatoms. The van der Waals surface area contributed by atoms with Crippen molar-refractivity contribution in [2.24, 2.45) is 0 Å². The minimum atomic E-state index is -4.86. The molecular formula is C15H14NaO11S2+. The van der Waals surface area contributed by atoms with E-state index in [0.717, 1.165) is 26.4 Å². The number of ketones is 1. The molecule has 11 nitrogen and oxygen atoms in total. The molecule has 0 unspecified atom stereocenters. The molecule has 0 amide bonds. The van der Waals surface area contributed by atoms with E-state index in [9.17, 15) is 40.9 Å². The number of hydrogen-bond acceptors (Lipinski definition) is 9. The molecule has 0 aliphatic carbocycles. The van der Waals surface area contributed by atoms with Crippen molar-refractivity contribution in [2.75, 3.05) is 14.2 Å². The Morgan fingerprint density at radius 1 is 0.759 bits per heavy atom. The van der Waals surface area contributed by atoms with Crippen LogP contribution in [-0.2, 0) is 20.2 Å². The van der Waals surface area contributed by atoms with Gasteiger partial charge < -0.3 is 19.7 Å². The number of carbonyl (C=O) groups excluding carboxylic acids is 1. The van der Waals surface area contributed by atoms with Crippen molar-refractivity contribution in [3.8, 4) is 23.0 Å². The number of ether oxygens (including phenoxy) is 2. The van der Waals surface area contributed by atoms with Gasteiger partial charge in [-0.3, -0.25) is 13.9 Å². The van der Waals surface area contributed by atoms with E-state index in [1.165, 1.54) is 0 Å². The van der Waals surface area contributed by atoms with Crippen LogP contribution in [-0.4, -0.2) is 56.2 Å². The summed E-state index contributed by atoms with van der Waals surface area (Å²) in [7, 11) is -7.61. The standard InChI is InChI=1S/C15H14O11S2.Na/c1-25-11-5-9(16)7(3-13(11)27(19,20)21)15(18)8-4-14(28(22,23)24)12(26-2)6-10(8)17;/h3-6,16-17H,1-2H3,(H,19,20,21)(H,22,23,24);/q;+1. The Morgan fingerprint density at radius 3 is 1.31 bits per heavy atom. The van der Waals surface area contributed by atoms with E-state index < -0.39 is 69.9 Å². The zero-order valence-corrected chi connectivity index (χ0v) is 18.9. The Balaban J connectivity index is 0.00000420. The smallest absolute Gasteiger partial charge is 0.507 e. The van der Waals surface area contributed by atoms with Gasteiger partial charge in [-0.05, 0) is 12.1 Å². The summed E-state index contributed by atoms with van der Waals surface area (Å²) in [4.78, 5) is 11.0. The molecule has 0 heterocycles. The third-order valence-electron chi connectivity index (χ3n) is 3.61. The van der Waals surface area contributed by atoms with Gasteiger partial charge >= 0.3 is 29.6 Å². The molecule has 0 fully saturated rings. The molecule has 2 rings (SSSR count). The van der Waals surface area contributed by atoms with E-state index in [1.54, 1.807) is 0 Å². The molecule has 0 atom stereocenters. The van der Waals surface area contributed by atoms with E-state index in [4.69, 9.17) is 9.47 Å². The van der Waals surface area contributed by atoms with E-state index in [2.05, 4.69) is 0 Å². The van der Waals surface area contributed by atoms with Crippen LogP contribution in [0.25, 0.3) is 0 Å². The summed E-state index contributed by atoms with van der Waals surface area (Å²) in [6.07, 6.45) is 0. The summed E-state index contributed by atoms with van der Waals surface area (Å²) in [6, 6.07) is 2.65. The van der Waals surface area contributed by atoms with Crippen molar-refractivity contribution in [3.05, 3.63) is 35.4 Å². The van der Waals surface area contributed by atoms with Gasteiger partial charge in [-0.25, -0.2) is 0 Å². The second-order valence-electron chi connectivity index (χ2n) is 5.32. The van der Waals surface area contributed by atoms with E-state index >= 15 is 0 Å². The Hall–Kier alpha value is -1.87. The largest absolute Gasteiger partial charge is 1.00 e. The average molecular weight is 457 g/mol. The van der Waals surface area contributed by atoms with Crippen LogP contribution in [0.1, 0.15) is 15.9 Å². The molecule has 152 valence electrons. The molecule has 4 N–H and O–H groups in total. The Bertz CT molecular complexity index is 1080. The number of benzene rings is 2. The topological polar surface area (TPSA) is 185 Å². The molecule has 0 spiro atoms. The van der Waals surface area contributed by atoms with E-state index in [-0.39, 0.29) is 29.6 Å².